The average Bonchev–Trinajstić information content (AvgIpc) is 2.81. The first-order valence-corrected chi connectivity index (χ1v) is 12.1. The summed E-state index contributed by atoms with van der Waals surface area (Å²) in [6.07, 6.45) is 1.95. The number of anilines is 1. The van der Waals surface area contributed by atoms with Gasteiger partial charge in [-0.1, -0.05) is 60.1 Å². The summed E-state index contributed by atoms with van der Waals surface area (Å²) >= 11 is 8.13. The molecule has 0 bridgehead atoms. The SMILES string of the molecule is O=C(Nc1ccc(CSc2ccccc2)cc1)C1CCCN(Cc2ccccc2Cl)C1. The van der Waals surface area contributed by atoms with Crippen molar-refractivity contribution in [1.82, 2.24) is 4.90 Å². The number of hydrogen-bond acceptors (Lipinski definition) is 3. The van der Waals surface area contributed by atoms with Gasteiger partial charge in [0.15, 0.2) is 0 Å². The van der Waals surface area contributed by atoms with Gasteiger partial charge in [0.05, 0.1) is 5.92 Å². The average molecular weight is 451 g/mol. The maximum absolute atomic E-state index is 12.9. The summed E-state index contributed by atoms with van der Waals surface area (Å²) < 4.78 is 0. The van der Waals surface area contributed by atoms with E-state index >= 15 is 0 Å². The molecule has 0 aromatic heterocycles. The molecule has 1 saturated heterocycles. The molecule has 0 spiro atoms. The predicted molar refractivity (Wildman–Crippen MR) is 131 cm³/mol. The number of carbonyl (C=O) groups is 1. The molecule has 1 atom stereocenters. The third-order valence-electron chi connectivity index (χ3n) is 5.60. The van der Waals surface area contributed by atoms with Crippen LogP contribution in [0.1, 0.15) is 24.0 Å². The molecule has 160 valence electrons. The predicted octanol–water partition coefficient (Wildman–Crippen LogP) is 6.48. The Bertz CT molecular complexity index is 994. The molecule has 0 radical (unpaired) electrons. The highest BCUT2D eigenvalue weighted by Crippen LogP contribution is 2.25. The fraction of sp³-hybridized carbons (Fsp3) is 0.269. The van der Waals surface area contributed by atoms with Gasteiger partial charge < -0.3 is 5.32 Å². The summed E-state index contributed by atoms with van der Waals surface area (Å²) in [6.45, 7) is 2.56. The van der Waals surface area contributed by atoms with Gasteiger partial charge in [-0.2, -0.15) is 0 Å². The maximum Gasteiger partial charge on any atom is 0.228 e. The van der Waals surface area contributed by atoms with Gasteiger partial charge in [0.25, 0.3) is 0 Å². The van der Waals surface area contributed by atoms with Crippen LogP contribution in [0.15, 0.2) is 83.8 Å². The first-order valence-electron chi connectivity index (χ1n) is 10.7. The Morgan fingerprint density at radius 1 is 1.00 bits per heavy atom. The highest BCUT2D eigenvalue weighted by molar-refractivity contribution is 7.98. The molecule has 0 aliphatic carbocycles. The number of nitrogens with zero attached hydrogens (tertiary/aromatic N) is 1. The van der Waals surface area contributed by atoms with Gasteiger partial charge in [-0.25, -0.2) is 0 Å². The Labute approximate surface area is 193 Å². The Hall–Kier alpha value is -2.27. The smallest absolute Gasteiger partial charge is 0.228 e. The van der Waals surface area contributed by atoms with Crippen molar-refractivity contribution in [2.24, 2.45) is 5.92 Å². The van der Waals surface area contributed by atoms with Crippen molar-refractivity contribution in [3.05, 3.63) is 95.0 Å². The van der Waals surface area contributed by atoms with Crippen molar-refractivity contribution in [2.75, 3.05) is 18.4 Å². The molecule has 1 aliphatic heterocycles. The lowest BCUT2D eigenvalue weighted by atomic mass is 9.96. The minimum absolute atomic E-state index is 0.00421. The molecular formula is C26H27ClN2OS. The van der Waals surface area contributed by atoms with Crippen LogP contribution in [0.3, 0.4) is 0 Å². The molecular weight excluding hydrogens is 424 g/mol. The molecule has 3 aromatic rings. The first kappa shape index (κ1) is 21.9. The van der Waals surface area contributed by atoms with E-state index < -0.39 is 0 Å². The second-order valence-electron chi connectivity index (χ2n) is 7.95. The van der Waals surface area contributed by atoms with Crippen LogP contribution in [0.4, 0.5) is 5.69 Å². The maximum atomic E-state index is 12.9. The summed E-state index contributed by atoms with van der Waals surface area (Å²) in [6, 6.07) is 26.5. The normalized spacial score (nSPS) is 16.7. The second kappa shape index (κ2) is 10.9. The van der Waals surface area contributed by atoms with Crippen molar-refractivity contribution >= 4 is 35.0 Å². The van der Waals surface area contributed by atoms with Gasteiger partial charge in [0.1, 0.15) is 0 Å². The number of benzene rings is 3. The van der Waals surface area contributed by atoms with Crippen LogP contribution >= 0.6 is 23.4 Å². The Morgan fingerprint density at radius 2 is 1.74 bits per heavy atom. The van der Waals surface area contributed by atoms with Crippen LogP contribution in [0.5, 0.6) is 0 Å². The van der Waals surface area contributed by atoms with E-state index in [0.29, 0.717) is 0 Å². The zero-order chi connectivity index (χ0) is 21.5. The zero-order valence-corrected chi connectivity index (χ0v) is 19.0. The fourth-order valence-corrected chi connectivity index (χ4v) is 4.96. The van der Waals surface area contributed by atoms with E-state index in [4.69, 9.17) is 11.6 Å². The Balaban J connectivity index is 1.28. The van der Waals surface area contributed by atoms with E-state index in [2.05, 4.69) is 52.7 Å². The van der Waals surface area contributed by atoms with E-state index in [1.165, 1.54) is 10.5 Å². The van der Waals surface area contributed by atoms with Crippen LogP contribution in [0.2, 0.25) is 5.02 Å². The molecule has 4 rings (SSSR count). The molecule has 1 unspecified atom stereocenters. The van der Waals surface area contributed by atoms with E-state index in [9.17, 15) is 4.79 Å². The summed E-state index contributed by atoms with van der Waals surface area (Å²) in [5, 5.41) is 3.90. The number of amides is 1. The van der Waals surface area contributed by atoms with Crippen molar-refractivity contribution < 1.29 is 4.79 Å². The molecule has 1 N–H and O–H groups in total. The van der Waals surface area contributed by atoms with Crippen molar-refractivity contribution in [2.45, 2.75) is 30.0 Å². The molecule has 3 nitrogen and oxygen atoms in total. The second-order valence-corrected chi connectivity index (χ2v) is 9.41. The van der Waals surface area contributed by atoms with E-state index in [1.807, 2.05) is 48.2 Å². The molecule has 5 heteroatoms. The number of likely N-dealkylation sites (tertiary alicyclic amines) is 1. The van der Waals surface area contributed by atoms with E-state index in [-0.39, 0.29) is 11.8 Å². The van der Waals surface area contributed by atoms with Gasteiger partial charge in [-0.3, -0.25) is 9.69 Å². The number of piperidine rings is 1. The van der Waals surface area contributed by atoms with Gasteiger partial charge in [-0.15, -0.1) is 11.8 Å². The summed E-state index contributed by atoms with van der Waals surface area (Å²) in [5.41, 5.74) is 3.23. The minimum Gasteiger partial charge on any atom is -0.326 e. The summed E-state index contributed by atoms with van der Waals surface area (Å²) in [4.78, 5) is 16.5. The number of rotatable bonds is 7. The lowest BCUT2D eigenvalue weighted by Gasteiger charge is -2.32. The molecule has 0 saturated carbocycles. The van der Waals surface area contributed by atoms with Crippen molar-refractivity contribution in [3.8, 4) is 0 Å². The largest absolute Gasteiger partial charge is 0.326 e. The van der Waals surface area contributed by atoms with Crippen LogP contribution in [-0.2, 0) is 17.1 Å². The fourth-order valence-electron chi connectivity index (χ4n) is 3.89. The van der Waals surface area contributed by atoms with Crippen LogP contribution in [0, 0.1) is 5.92 Å². The number of nitrogens with one attached hydrogen (secondary N) is 1. The standard InChI is InChI=1S/C26H27ClN2OS/c27-25-11-5-4-7-21(25)17-29-16-6-8-22(18-29)26(30)28-23-14-12-20(13-15-23)19-31-24-9-2-1-3-10-24/h1-5,7,9-15,22H,6,8,16-19H2,(H,28,30). The number of carbonyl (C=O) groups excluding carboxylic acids is 1. The molecule has 3 aromatic carbocycles. The lowest BCUT2D eigenvalue weighted by Crippen LogP contribution is -2.40. The number of hydrogen-bond donors (Lipinski definition) is 1. The lowest BCUT2D eigenvalue weighted by molar-refractivity contribution is -0.121. The van der Waals surface area contributed by atoms with Crippen LogP contribution in [-0.4, -0.2) is 23.9 Å². The highest BCUT2D eigenvalue weighted by atomic mass is 35.5. The molecule has 1 amide bonds. The third-order valence-corrected chi connectivity index (χ3v) is 7.05. The first-order chi connectivity index (χ1) is 15.2. The van der Waals surface area contributed by atoms with Crippen molar-refractivity contribution in [1.29, 1.82) is 0 Å². The highest BCUT2D eigenvalue weighted by Gasteiger charge is 2.26. The van der Waals surface area contributed by atoms with Crippen LogP contribution in [0.25, 0.3) is 0 Å². The van der Waals surface area contributed by atoms with Crippen molar-refractivity contribution in [3.63, 3.8) is 0 Å². The Kier molecular flexibility index (Phi) is 7.68. The number of halogens is 1. The third kappa shape index (κ3) is 6.36. The van der Waals surface area contributed by atoms with Gasteiger partial charge in [0, 0.05) is 34.4 Å². The molecule has 1 heterocycles. The van der Waals surface area contributed by atoms with Gasteiger partial charge in [0.2, 0.25) is 5.91 Å². The minimum atomic E-state index is 0.00421. The van der Waals surface area contributed by atoms with E-state index in [1.54, 1.807) is 0 Å². The summed E-state index contributed by atoms with van der Waals surface area (Å²) in [5.74, 6) is 1.03. The van der Waals surface area contributed by atoms with E-state index in [0.717, 1.165) is 54.5 Å². The molecule has 1 fully saturated rings. The summed E-state index contributed by atoms with van der Waals surface area (Å²) in [7, 11) is 0. The number of thioether (sulfide) groups is 1. The Morgan fingerprint density at radius 3 is 2.52 bits per heavy atom. The monoisotopic (exact) mass is 450 g/mol. The quantitative estimate of drug-likeness (QED) is 0.418. The topological polar surface area (TPSA) is 32.3 Å². The van der Waals surface area contributed by atoms with Crippen LogP contribution < -0.4 is 5.32 Å². The van der Waals surface area contributed by atoms with Gasteiger partial charge >= 0.3 is 0 Å². The molecule has 1 aliphatic rings. The zero-order valence-electron chi connectivity index (χ0n) is 17.5. The van der Waals surface area contributed by atoms with Gasteiger partial charge in [-0.05, 0) is 60.8 Å². The molecule has 31 heavy (non-hydrogen) atoms.